The molecule has 0 spiro atoms. The Morgan fingerprint density at radius 1 is 1.05 bits per heavy atom. The molecule has 0 atom stereocenters. The summed E-state index contributed by atoms with van der Waals surface area (Å²) in [5, 5.41) is 17.6. The van der Waals surface area contributed by atoms with E-state index in [0.717, 1.165) is 5.56 Å². The van der Waals surface area contributed by atoms with Gasteiger partial charge in [-0.05, 0) is 23.8 Å². The first-order chi connectivity index (χ1) is 9.69. The lowest BCUT2D eigenvalue weighted by Gasteiger charge is -2.12. The van der Waals surface area contributed by atoms with Crippen molar-refractivity contribution >= 4 is 7.32 Å². The summed E-state index contributed by atoms with van der Waals surface area (Å²) >= 11 is 0. The molecule has 0 aliphatic heterocycles. The molecule has 0 aliphatic rings. The van der Waals surface area contributed by atoms with Gasteiger partial charge in [0.1, 0.15) is 18.1 Å². The average Bonchev–Trinajstić information content (AvgIpc) is 2.46. The summed E-state index contributed by atoms with van der Waals surface area (Å²) in [7, 11) is -1.86. The third kappa shape index (κ3) is 3.99. The van der Waals surface area contributed by atoms with Crippen molar-refractivity contribution in [3.8, 4) is 11.5 Å². The van der Waals surface area contributed by atoms with Crippen molar-refractivity contribution in [2.75, 3.05) is 0 Å². The largest absolute Gasteiger partial charge is 0.707 e. The lowest BCUT2D eigenvalue weighted by Crippen LogP contribution is -2.21. The van der Waals surface area contributed by atoms with Crippen LogP contribution < -0.4 is 15.1 Å². The molecule has 0 aliphatic carbocycles. The van der Waals surface area contributed by atoms with Crippen LogP contribution in [0.5, 0.6) is 11.5 Å². The Balaban J connectivity index is 2.05. The van der Waals surface area contributed by atoms with E-state index in [1.165, 1.54) is 0 Å². The van der Waals surface area contributed by atoms with Gasteiger partial charge in [-0.3, -0.25) is 0 Å². The molecule has 0 aromatic heterocycles. The predicted molar refractivity (Wildman–Crippen MR) is 75.9 cm³/mol. The number of rotatable bonds is 6. The van der Waals surface area contributed by atoms with Crippen molar-refractivity contribution in [2.24, 2.45) is 5.73 Å². The highest BCUT2D eigenvalue weighted by Crippen LogP contribution is 2.24. The van der Waals surface area contributed by atoms with Gasteiger partial charge >= 0.3 is 7.32 Å². The highest BCUT2D eigenvalue weighted by atomic mass is 16.6. The van der Waals surface area contributed by atoms with E-state index in [1.807, 2.05) is 30.3 Å². The lowest BCUT2D eigenvalue weighted by molar-refractivity contribution is 0.285. The Bertz CT molecular complexity index is 548. The average molecular weight is 273 g/mol. The van der Waals surface area contributed by atoms with Gasteiger partial charge in [0.05, 0.1) is 0 Å². The number of hydrogen-bond donors (Lipinski definition) is 3. The minimum atomic E-state index is -1.86. The fraction of sp³-hybridized carbons (Fsp3) is 0.143. The number of ether oxygens (including phenoxy) is 1. The molecule has 2 rings (SSSR count). The van der Waals surface area contributed by atoms with Gasteiger partial charge in [0.2, 0.25) is 0 Å². The minimum absolute atomic E-state index is 0.213. The van der Waals surface area contributed by atoms with Gasteiger partial charge in [0, 0.05) is 12.1 Å². The molecule has 0 bridgehead atoms. The van der Waals surface area contributed by atoms with E-state index < -0.39 is 7.32 Å². The SMILES string of the molecule is NCc1cc(OCc2ccccc2)ccc1OB(O)O. The summed E-state index contributed by atoms with van der Waals surface area (Å²) in [6.07, 6.45) is 0. The van der Waals surface area contributed by atoms with Crippen LogP contribution in [0.3, 0.4) is 0 Å². The Hall–Kier alpha value is -2.02. The van der Waals surface area contributed by atoms with Gasteiger partial charge in [-0.1, -0.05) is 30.3 Å². The fourth-order valence-electron chi connectivity index (χ4n) is 1.77. The van der Waals surface area contributed by atoms with E-state index in [9.17, 15) is 0 Å². The zero-order valence-corrected chi connectivity index (χ0v) is 10.9. The van der Waals surface area contributed by atoms with E-state index in [-0.39, 0.29) is 6.54 Å². The molecule has 2 aromatic rings. The molecule has 104 valence electrons. The van der Waals surface area contributed by atoms with Crippen LogP contribution in [-0.2, 0) is 13.2 Å². The van der Waals surface area contributed by atoms with E-state index in [4.69, 9.17) is 25.2 Å². The maximum Gasteiger partial charge on any atom is 0.707 e. The smallest absolute Gasteiger partial charge is 0.512 e. The molecule has 0 amide bonds. The zero-order chi connectivity index (χ0) is 14.4. The second-order valence-corrected chi connectivity index (χ2v) is 4.19. The van der Waals surface area contributed by atoms with Crippen LogP contribution in [0.25, 0.3) is 0 Å². The molecule has 6 heteroatoms. The molecule has 0 unspecified atom stereocenters. The quantitative estimate of drug-likeness (QED) is 0.685. The fourth-order valence-corrected chi connectivity index (χ4v) is 1.77. The molecule has 0 saturated heterocycles. The van der Waals surface area contributed by atoms with Gasteiger partial charge in [-0.25, -0.2) is 0 Å². The van der Waals surface area contributed by atoms with E-state index in [0.29, 0.717) is 23.7 Å². The summed E-state index contributed by atoms with van der Waals surface area (Å²) in [4.78, 5) is 0. The molecule has 5 nitrogen and oxygen atoms in total. The first-order valence-corrected chi connectivity index (χ1v) is 6.21. The molecule has 0 fully saturated rings. The Morgan fingerprint density at radius 2 is 1.80 bits per heavy atom. The maximum absolute atomic E-state index is 8.81. The van der Waals surface area contributed by atoms with Gasteiger partial charge in [0.25, 0.3) is 0 Å². The van der Waals surface area contributed by atoms with Gasteiger partial charge < -0.3 is 25.2 Å². The molecular formula is C14H16BNO4. The van der Waals surface area contributed by atoms with E-state index in [2.05, 4.69) is 0 Å². The second kappa shape index (κ2) is 6.95. The van der Waals surface area contributed by atoms with Crippen molar-refractivity contribution in [1.82, 2.24) is 0 Å². The summed E-state index contributed by atoms with van der Waals surface area (Å²) in [6, 6.07) is 14.8. The normalized spacial score (nSPS) is 10.2. The third-order valence-corrected chi connectivity index (χ3v) is 2.73. The van der Waals surface area contributed by atoms with Crippen LogP contribution in [0.4, 0.5) is 0 Å². The maximum atomic E-state index is 8.81. The number of hydrogen-bond acceptors (Lipinski definition) is 5. The zero-order valence-electron chi connectivity index (χ0n) is 10.9. The van der Waals surface area contributed by atoms with Crippen LogP contribution in [0.1, 0.15) is 11.1 Å². The molecule has 4 N–H and O–H groups in total. The molecule has 20 heavy (non-hydrogen) atoms. The van der Waals surface area contributed by atoms with Crippen molar-refractivity contribution < 1.29 is 19.4 Å². The van der Waals surface area contributed by atoms with Crippen LogP contribution in [0.15, 0.2) is 48.5 Å². The molecule has 0 radical (unpaired) electrons. The standard InChI is InChI=1S/C14H16BNO4/c16-9-12-8-13(6-7-14(12)20-15(17)18)19-10-11-4-2-1-3-5-11/h1-8,17-18H,9-10,16H2. The van der Waals surface area contributed by atoms with Crippen molar-refractivity contribution in [2.45, 2.75) is 13.2 Å². The highest BCUT2D eigenvalue weighted by Gasteiger charge is 2.14. The number of benzene rings is 2. The van der Waals surface area contributed by atoms with Crippen LogP contribution in [0, 0.1) is 0 Å². The predicted octanol–water partition coefficient (Wildman–Crippen LogP) is 1.07. The van der Waals surface area contributed by atoms with Gasteiger partial charge in [0.15, 0.2) is 0 Å². The lowest BCUT2D eigenvalue weighted by atomic mass is 10.1. The molecular weight excluding hydrogens is 257 g/mol. The Labute approximate surface area is 117 Å². The highest BCUT2D eigenvalue weighted by molar-refractivity contribution is 6.33. The molecule has 0 saturated carbocycles. The monoisotopic (exact) mass is 273 g/mol. The van der Waals surface area contributed by atoms with Crippen molar-refractivity contribution in [1.29, 1.82) is 0 Å². The van der Waals surface area contributed by atoms with E-state index >= 15 is 0 Å². The third-order valence-electron chi connectivity index (χ3n) is 2.73. The van der Waals surface area contributed by atoms with Gasteiger partial charge in [-0.2, -0.15) is 0 Å². The van der Waals surface area contributed by atoms with Crippen molar-refractivity contribution in [3.63, 3.8) is 0 Å². The second-order valence-electron chi connectivity index (χ2n) is 4.19. The van der Waals surface area contributed by atoms with E-state index in [1.54, 1.807) is 18.2 Å². The minimum Gasteiger partial charge on any atom is -0.512 e. The summed E-state index contributed by atoms with van der Waals surface area (Å²) in [6.45, 7) is 0.665. The molecule has 2 aromatic carbocycles. The van der Waals surface area contributed by atoms with Crippen LogP contribution >= 0.6 is 0 Å². The Morgan fingerprint density at radius 3 is 2.45 bits per heavy atom. The first kappa shape index (κ1) is 14.4. The number of nitrogens with two attached hydrogens (primary N) is 1. The summed E-state index contributed by atoms with van der Waals surface area (Å²) < 4.78 is 10.5. The Kier molecular flexibility index (Phi) is 5.00. The summed E-state index contributed by atoms with van der Waals surface area (Å²) in [5.41, 5.74) is 7.31. The van der Waals surface area contributed by atoms with Crippen LogP contribution in [-0.4, -0.2) is 17.4 Å². The summed E-state index contributed by atoms with van der Waals surface area (Å²) in [5.74, 6) is 0.976. The topological polar surface area (TPSA) is 84.9 Å². The van der Waals surface area contributed by atoms with Gasteiger partial charge in [-0.15, -0.1) is 0 Å². The van der Waals surface area contributed by atoms with Crippen molar-refractivity contribution in [3.05, 3.63) is 59.7 Å². The molecule has 0 heterocycles. The first-order valence-electron chi connectivity index (χ1n) is 6.21. The van der Waals surface area contributed by atoms with Crippen LogP contribution in [0.2, 0.25) is 0 Å².